The van der Waals surface area contributed by atoms with Gasteiger partial charge in [-0.25, -0.2) is 0 Å². The van der Waals surface area contributed by atoms with Crippen molar-refractivity contribution in [2.45, 2.75) is 47.6 Å². The summed E-state index contributed by atoms with van der Waals surface area (Å²) in [6.07, 6.45) is 0. The molecule has 0 saturated carbocycles. The Bertz CT molecular complexity index is 238. The number of hydrogen-bond acceptors (Lipinski definition) is 3. The predicted molar refractivity (Wildman–Crippen MR) is 82.3 cm³/mol. The molecule has 0 atom stereocenters. The second-order valence-corrected chi connectivity index (χ2v) is 5.80. The molecule has 0 aromatic heterocycles. The quantitative estimate of drug-likeness (QED) is 0.658. The standard InChI is InChI=1S/C15H33N3O/c1-7-17(8-2)9-10-18(12-13(3)4)15(19)11-16-14(5)6/h13-14,16H,7-12H2,1-6H3. The topological polar surface area (TPSA) is 35.6 Å². The molecule has 0 aliphatic rings. The van der Waals surface area contributed by atoms with Crippen molar-refractivity contribution in [1.29, 1.82) is 0 Å². The van der Waals surface area contributed by atoms with Crippen molar-refractivity contribution in [2.75, 3.05) is 39.3 Å². The Labute approximate surface area is 119 Å². The number of carbonyl (C=O) groups excluding carboxylic acids is 1. The highest BCUT2D eigenvalue weighted by Crippen LogP contribution is 2.00. The molecule has 0 aromatic carbocycles. The van der Waals surface area contributed by atoms with Crippen molar-refractivity contribution in [2.24, 2.45) is 5.92 Å². The van der Waals surface area contributed by atoms with Crippen LogP contribution in [0.3, 0.4) is 0 Å². The van der Waals surface area contributed by atoms with Crippen LogP contribution in [0.2, 0.25) is 0 Å². The van der Waals surface area contributed by atoms with Crippen molar-refractivity contribution in [3.05, 3.63) is 0 Å². The second-order valence-electron chi connectivity index (χ2n) is 5.80. The van der Waals surface area contributed by atoms with Gasteiger partial charge in [0.25, 0.3) is 0 Å². The van der Waals surface area contributed by atoms with Crippen LogP contribution in [0.25, 0.3) is 0 Å². The summed E-state index contributed by atoms with van der Waals surface area (Å²) in [5.41, 5.74) is 0. The Morgan fingerprint density at radius 2 is 1.63 bits per heavy atom. The normalized spacial score (nSPS) is 11.6. The van der Waals surface area contributed by atoms with E-state index in [0.29, 0.717) is 18.5 Å². The first-order valence-electron chi connectivity index (χ1n) is 7.64. The second kappa shape index (κ2) is 10.2. The van der Waals surface area contributed by atoms with Gasteiger partial charge >= 0.3 is 0 Å². The van der Waals surface area contributed by atoms with Crippen molar-refractivity contribution in [3.63, 3.8) is 0 Å². The average Bonchev–Trinajstić information content (AvgIpc) is 2.35. The van der Waals surface area contributed by atoms with Crippen LogP contribution < -0.4 is 5.32 Å². The minimum Gasteiger partial charge on any atom is -0.340 e. The zero-order chi connectivity index (χ0) is 14.8. The SMILES string of the molecule is CCN(CC)CCN(CC(C)C)C(=O)CNC(C)C. The Morgan fingerprint density at radius 3 is 2.05 bits per heavy atom. The molecule has 0 heterocycles. The minimum absolute atomic E-state index is 0.217. The third kappa shape index (κ3) is 9.00. The van der Waals surface area contributed by atoms with E-state index in [2.05, 4.69) is 51.8 Å². The molecular formula is C15H33N3O. The fourth-order valence-electron chi connectivity index (χ4n) is 1.96. The zero-order valence-electron chi connectivity index (χ0n) is 13.7. The Morgan fingerprint density at radius 1 is 1.05 bits per heavy atom. The molecule has 0 aliphatic carbocycles. The van der Waals surface area contributed by atoms with Crippen LogP contribution >= 0.6 is 0 Å². The number of nitrogens with one attached hydrogen (secondary N) is 1. The highest BCUT2D eigenvalue weighted by molar-refractivity contribution is 5.78. The number of amides is 1. The molecule has 114 valence electrons. The fraction of sp³-hybridized carbons (Fsp3) is 0.933. The third-order valence-corrected chi connectivity index (χ3v) is 3.18. The maximum absolute atomic E-state index is 12.2. The molecule has 4 nitrogen and oxygen atoms in total. The van der Waals surface area contributed by atoms with Crippen LogP contribution in [0.4, 0.5) is 0 Å². The molecule has 0 saturated heterocycles. The molecule has 1 amide bonds. The average molecular weight is 271 g/mol. The van der Waals surface area contributed by atoms with Gasteiger partial charge in [-0.3, -0.25) is 4.79 Å². The van der Waals surface area contributed by atoms with Crippen molar-refractivity contribution in [1.82, 2.24) is 15.1 Å². The first kappa shape index (κ1) is 18.4. The lowest BCUT2D eigenvalue weighted by molar-refractivity contribution is -0.131. The highest BCUT2D eigenvalue weighted by Gasteiger charge is 2.15. The number of likely N-dealkylation sites (N-methyl/N-ethyl adjacent to an activating group) is 1. The largest absolute Gasteiger partial charge is 0.340 e. The van der Waals surface area contributed by atoms with Crippen LogP contribution in [-0.4, -0.2) is 61.0 Å². The van der Waals surface area contributed by atoms with E-state index < -0.39 is 0 Å². The van der Waals surface area contributed by atoms with Gasteiger partial charge in [-0.2, -0.15) is 0 Å². The van der Waals surface area contributed by atoms with E-state index in [4.69, 9.17) is 0 Å². The van der Waals surface area contributed by atoms with Gasteiger partial charge in [0, 0.05) is 25.7 Å². The summed E-state index contributed by atoms with van der Waals surface area (Å²) in [6.45, 7) is 18.0. The molecule has 1 N–H and O–H groups in total. The van der Waals surface area contributed by atoms with Crippen molar-refractivity contribution >= 4 is 5.91 Å². The van der Waals surface area contributed by atoms with Gasteiger partial charge in [0.2, 0.25) is 5.91 Å². The van der Waals surface area contributed by atoms with E-state index in [9.17, 15) is 4.79 Å². The molecular weight excluding hydrogens is 238 g/mol. The number of rotatable bonds is 10. The molecule has 0 aliphatic heterocycles. The third-order valence-electron chi connectivity index (χ3n) is 3.18. The minimum atomic E-state index is 0.217. The summed E-state index contributed by atoms with van der Waals surface area (Å²) in [5, 5.41) is 3.21. The van der Waals surface area contributed by atoms with Crippen LogP contribution in [0, 0.1) is 5.92 Å². The predicted octanol–water partition coefficient (Wildman–Crippen LogP) is 1.81. The molecule has 0 unspecified atom stereocenters. The lowest BCUT2D eigenvalue weighted by Crippen LogP contribution is -2.45. The van der Waals surface area contributed by atoms with Crippen LogP contribution in [0.1, 0.15) is 41.5 Å². The van der Waals surface area contributed by atoms with Crippen LogP contribution in [0.15, 0.2) is 0 Å². The number of hydrogen-bond donors (Lipinski definition) is 1. The summed E-state index contributed by atoms with van der Waals surface area (Å²) < 4.78 is 0. The van der Waals surface area contributed by atoms with E-state index in [0.717, 1.165) is 32.7 Å². The Kier molecular flexibility index (Phi) is 9.88. The lowest BCUT2D eigenvalue weighted by Gasteiger charge is -2.28. The van der Waals surface area contributed by atoms with E-state index in [1.165, 1.54) is 0 Å². The molecule has 0 radical (unpaired) electrons. The molecule has 0 fully saturated rings. The fourth-order valence-corrected chi connectivity index (χ4v) is 1.96. The van der Waals surface area contributed by atoms with Crippen molar-refractivity contribution < 1.29 is 4.79 Å². The summed E-state index contributed by atoms with van der Waals surface area (Å²) >= 11 is 0. The molecule has 0 spiro atoms. The lowest BCUT2D eigenvalue weighted by atomic mass is 10.2. The summed E-state index contributed by atoms with van der Waals surface area (Å²) in [4.78, 5) is 16.6. The van der Waals surface area contributed by atoms with E-state index in [-0.39, 0.29) is 5.91 Å². The maximum Gasteiger partial charge on any atom is 0.236 e. The first-order valence-corrected chi connectivity index (χ1v) is 7.64. The van der Waals surface area contributed by atoms with Crippen LogP contribution in [-0.2, 0) is 4.79 Å². The molecule has 0 aromatic rings. The molecule has 19 heavy (non-hydrogen) atoms. The smallest absolute Gasteiger partial charge is 0.236 e. The Hall–Kier alpha value is -0.610. The number of carbonyl (C=O) groups is 1. The van der Waals surface area contributed by atoms with Crippen LogP contribution in [0.5, 0.6) is 0 Å². The van der Waals surface area contributed by atoms with Gasteiger partial charge in [-0.15, -0.1) is 0 Å². The summed E-state index contributed by atoms with van der Waals surface area (Å²) in [6, 6.07) is 0.354. The van der Waals surface area contributed by atoms with Gasteiger partial charge < -0.3 is 15.1 Å². The van der Waals surface area contributed by atoms with E-state index in [1.807, 2.05) is 4.90 Å². The van der Waals surface area contributed by atoms with Gasteiger partial charge in [-0.1, -0.05) is 41.5 Å². The molecule has 4 heteroatoms. The summed E-state index contributed by atoms with van der Waals surface area (Å²) in [7, 11) is 0. The van der Waals surface area contributed by atoms with Gasteiger partial charge in [0.15, 0.2) is 0 Å². The van der Waals surface area contributed by atoms with E-state index >= 15 is 0 Å². The number of nitrogens with zero attached hydrogens (tertiary/aromatic N) is 2. The molecule has 0 bridgehead atoms. The zero-order valence-corrected chi connectivity index (χ0v) is 13.7. The molecule has 0 rings (SSSR count). The summed E-state index contributed by atoms with van der Waals surface area (Å²) in [5.74, 6) is 0.731. The first-order chi connectivity index (χ1) is 8.90. The van der Waals surface area contributed by atoms with Crippen molar-refractivity contribution in [3.8, 4) is 0 Å². The highest BCUT2D eigenvalue weighted by atomic mass is 16.2. The van der Waals surface area contributed by atoms with Gasteiger partial charge in [0.1, 0.15) is 0 Å². The monoisotopic (exact) mass is 271 g/mol. The van der Waals surface area contributed by atoms with Gasteiger partial charge in [-0.05, 0) is 19.0 Å². The van der Waals surface area contributed by atoms with Gasteiger partial charge in [0.05, 0.1) is 6.54 Å². The maximum atomic E-state index is 12.2. The Balaban J connectivity index is 4.32. The van der Waals surface area contributed by atoms with E-state index in [1.54, 1.807) is 0 Å².